The van der Waals surface area contributed by atoms with Crippen LogP contribution in [0, 0.1) is 0 Å². The van der Waals surface area contributed by atoms with Gasteiger partial charge in [-0.2, -0.15) is 0 Å². The lowest BCUT2D eigenvalue weighted by Crippen LogP contribution is -2.25. The zero-order valence-electron chi connectivity index (χ0n) is 9.14. The van der Waals surface area contributed by atoms with Gasteiger partial charge in [-0.25, -0.2) is 4.79 Å². The van der Waals surface area contributed by atoms with Gasteiger partial charge in [0.2, 0.25) is 5.76 Å². The zero-order chi connectivity index (χ0) is 11.5. The van der Waals surface area contributed by atoms with Crippen molar-refractivity contribution in [2.75, 3.05) is 13.7 Å². The molecule has 1 aliphatic rings. The molecule has 0 bridgehead atoms. The van der Waals surface area contributed by atoms with Crippen molar-refractivity contribution in [2.45, 2.75) is 25.0 Å². The smallest absolute Gasteiger partial charge is 0.373 e. The molecule has 5 nitrogen and oxygen atoms in total. The highest BCUT2D eigenvalue weighted by Gasteiger charge is 2.27. The molecule has 0 spiro atoms. The largest absolute Gasteiger partial charge is 0.463 e. The molecule has 0 saturated carbocycles. The number of hydrogen-bond acceptors (Lipinski definition) is 5. The van der Waals surface area contributed by atoms with E-state index in [1.165, 1.54) is 7.11 Å². The molecule has 2 N–H and O–H groups in total. The molecule has 1 aromatic heterocycles. The van der Waals surface area contributed by atoms with E-state index in [1.807, 2.05) is 0 Å². The van der Waals surface area contributed by atoms with E-state index in [1.54, 1.807) is 12.1 Å². The quantitative estimate of drug-likeness (QED) is 0.783. The van der Waals surface area contributed by atoms with E-state index >= 15 is 0 Å². The molecular weight excluding hydrogens is 210 g/mol. The van der Waals surface area contributed by atoms with Gasteiger partial charge in [0.1, 0.15) is 5.76 Å². The van der Waals surface area contributed by atoms with Crippen molar-refractivity contribution < 1.29 is 18.7 Å². The highest BCUT2D eigenvalue weighted by Crippen LogP contribution is 2.26. The third-order valence-corrected chi connectivity index (χ3v) is 2.71. The Labute approximate surface area is 93.5 Å². The van der Waals surface area contributed by atoms with Gasteiger partial charge in [0.25, 0.3) is 0 Å². The fraction of sp³-hybridized carbons (Fsp3) is 0.545. The van der Waals surface area contributed by atoms with Crippen LogP contribution < -0.4 is 5.73 Å². The van der Waals surface area contributed by atoms with Gasteiger partial charge < -0.3 is 19.6 Å². The summed E-state index contributed by atoms with van der Waals surface area (Å²) in [5, 5.41) is 0. The maximum absolute atomic E-state index is 11.2. The van der Waals surface area contributed by atoms with Gasteiger partial charge in [0.05, 0.1) is 19.3 Å². The second-order valence-electron chi connectivity index (χ2n) is 3.77. The summed E-state index contributed by atoms with van der Waals surface area (Å²) in [7, 11) is 1.31. The third kappa shape index (κ3) is 2.10. The number of hydrogen-bond donors (Lipinski definition) is 1. The van der Waals surface area contributed by atoms with E-state index in [-0.39, 0.29) is 17.9 Å². The van der Waals surface area contributed by atoms with Crippen molar-refractivity contribution in [3.63, 3.8) is 0 Å². The first kappa shape index (κ1) is 11.2. The van der Waals surface area contributed by atoms with E-state index in [0.29, 0.717) is 5.76 Å². The van der Waals surface area contributed by atoms with Gasteiger partial charge in [-0.15, -0.1) is 0 Å². The Kier molecular flexibility index (Phi) is 3.26. The number of carbonyl (C=O) groups is 1. The molecule has 2 heterocycles. The number of ether oxygens (including phenoxy) is 2. The minimum absolute atomic E-state index is 0.0170. The normalized spacial score (nSPS) is 22.0. The summed E-state index contributed by atoms with van der Waals surface area (Å²) in [6.07, 6.45) is 1.93. The summed E-state index contributed by atoms with van der Waals surface area (Å²) in [6, 6.07) is 2.94. The van der Waals surface area contributed by atoms with Crippen LogP contribution in [-0.4, -0.2) is 25.8 Å². The molecule has 1 aromatic rings. The number of nitrogens with two attached hydrogens (primary N) is 1. The first-order chi connectivity index (χ1) is 7.72. The predicted octanol–water partition coefficient (Wildman–Crippen LogP) is 1.24. The molecule has 0 aromatic carbocycles. The molecule has 0 radical (unpaired) electrons. The first-order valence-electron chi connectivity index (χ1n) is 5.27. The number of esters is 1. The van der Waals surface area contributed by atoms with Crippen molar-refractivity contribution >= 4 is 5.97 Å². The molecule has 1 saturated heterocycles. The van der Waals surface area contributed by atoms with Crippen LogP contribution in [-0.2, 0) is 9.47 Å². The summed E-state index contributed by atoms with van der Waals surface area (Å²) in [5.41, 5.74) is 5.98. The molecule has 1 fully saturated rings. The molecule has 2 rings (SSSR count). The Balaban J connectivity index is 2.08. The summed E-state index contributed by atoms with van der Waals surface area (Å²) in [6.45, 7) is 0.739. The van der Waals surface area contributed by atoms with Gasteiger partial charge >= 0.3 is 5.97 Å². The number of rotatable bonds is 3. The number of methoxy groups -OCH3 is 1. The molecule has 0 amide bonds. The molecule has 5 heteroatoms. The molecule has 16 heavy (non-hydrogen) atoms. The van der Waals surface area contributed by atoms with Crippen molar-refractivity contribution in [3.05, 3.63) is 23.7 Å². The minimum Gasteiger partial charge on any atom is -0.463 e. The van der Waals surface area contributed by atoms with Crippen LogP contribution in [0.3, 0.4) is 0 Å². The van der Waals surface area contributed by atoms with Crippen LogP contribution >= 0.6 is 0 Å². The van der Waals surface area contributed by atoms with Gasteiger partial charge in [0.15, 0.2) is 0 Å². The summed E-state index contributed by atoms with van der Waals surface area (Å²) in [4.78, 5) is 11.2. The fourth-order valence-electron chi connectivity index (χ4n) is 1.81. The standard InChI is InChI=1S/C11H15NO4/c1-14-11(13)9-5-4-8(16-9)10(12)7-3-2-6-15-7/h4-5,7,10H,2-3,6,12H2,1H3. The van der Waals surface area contributed by atoms with Gasteiger partial charge in [-0.1, -0.05) is 0 Å². The first-order valence-corrected chi connectivity index (χ1v) is 5.27. The van der Waals surface area contributed by atoms with E-state index in [9.17, 15) is 4.79 Å². The Bertz CT molecular complexity index is 368. The Morgan fingerprint density at radius 2 is 2.44 bits per heavy atom. The summed E-state index contributed by atoms with van der Waals surface area (Å²) >= 11 is 0. The maximum atomic E-state index is 11.2. The Morgan fingerprint density at radius 1 is 1.62 bits per heavy atom. The zero-order valence-corrected chi connectivity index (χ0v) is 9.14. The van der Waals surface area contributed by atoms with Crippen LogP contribution in [0.4, 0.5) is 0 Å². The molecule has 88 valence electrons. The molecule has 2 unspecified atom stereocenters. The topological polar surface area (TPSA) is 74.7 Å². The SMILES string of the molecule is COC(=O)c1ccc(C(N)C2CCCO2)o1. The monoisotopic (exact) mass is 225 g/mol. The van der Waals surface area contributed by atoms with Crippen LogP contribution in [0.5, 0.6) is 0 Å². The highest BCUT2D eigenvalue weighted by molar-refractivity contribution is 5.86. The average molecular weight is 225 g/mol. The van der Waals surface area contributed by atoms with E-state index in [2.05, 4.69) is 4.74 Å². The predicted molar refractivity (Wildman–Crippen MR) is 55.9 cm³/mol. The summed E-state index contributed by atoms with van der Waals surface area (Å²) in [5.74, 6) is 0.240. The van der Waals surface area contributed by atoms with Crippen LogP contribution in [0.15, 0.2) is 16.5 Å². The molecule has 2 atom stereocenters. The molecule has 1 aliphatic heterocycles. The molecular formula is C11H15NO4. The second kappa shape index (κ2) is 4.67. The van der Waals surface area contributed by atoms with Crippen LogP contribution in [0.2, 0.25) is 0 Å². The lowest BCUT2D eigenvalue weighted by Gasteiger charge is -2.15. The van der Waals surface area contributed by atoms with Crippen molar-refractivity contribution in [2.24, 2.45) is 5.73 Å². The van der Waals surface area contributed by atoms with E-state index in [4.69, 9.17) is 14.9 Å². The van der Waals surface area contributed by atoms with E-state index < -0.39 is 5.97 Å². The molecule has 0 aliphatic carbocycles. The number of furan rings is 1. The fourth-order valence-corrected chi connectivity index (χ4v) is 1.81. The van der Waals surface area contributed by atoms with Crippen LogP contribution in [0.25, 0.3) is 0 Å². The minimum atomic E-state index is -0.495. The van der Waals surface area contributed by atoms with E-state index in [0.717, 1.165) is 19.4 Å². The lowest BCUT2D eigenvalue weighted by molar-refractivity contribution is 0.0551. The van der Waals surface area contributed by atoms with Gasteiger partial charge in [0, 0.05) is 6.61 Å². The summed E-state index contributed by atoms with van der Waals surface area (Å²) < 4.78 is 15.3. The van der Waals surface area contributed by atoms with Crippen LogP contribution in [0.1, 0.15) is 35.2 Å². The average Bonchev–Trinajstić information content (AvgIpc) is 2.97. The lowest BCUT2D eigenvalue weighted by atomic mass is 10.1. The van der Waals surface area contributed by atoms with Crippen molar-refractivity contribution in [1.29, 1.82) is 0 Å². The van der Waals surface area contributed by atoms with Crippen molar-refractivity contribution in [1.82, 2.24) is 0 Å². The Hall–Kier alpha value is -1.33. The second-order valence-corrected chi connectivity index (χ2v) is 3.77. The Morgan fingerprint density at radius 3 is 3.06 bits per heavy atom. The highest BCUT2D eigenvalue weighted by atomic mass is 16.5. The van der Waals surface area contributed by atoms with Gasteiger partial charge in [-0.3, -0.25) is 0 Å². The maximum Gasteiger partial charge on any atom is 0.373 e. The third-order valence-electron chi connectivity index (χ3n) is 2.71. The van der Waals surface area contributed by atoms with Gasteiger partial charge in [-0.05, 0) is 25.0 Å². The number of carbonyl (C=O) groups excluding carboxylic acids is 1. The van der Waals surface area contributed by atoms with Crippen molar-refractivity contribution in [3.8, 4) is 0 Å².